The lowest BCUT2D eigenvalue weighted by Crippen LogP contribution is -2.14. The van der Waals surface area contributed by atoms with Crippen molar-refractivity contribution in [1.82, 2.24) is 15.0 Å². The van der Waals surface area contributed by atoms with Gasteiger partial charge in [0.05, 0.1) is 0 Å². The second-order valence-corrected chi connectivity index (χ2v) is 5.70. The number of hydrogen-bond acceptors (Lipinski definition) is 5. The Morgan fingerprint density at radius 3 is 2.15 bits per heavy atom. The molecule has 3 aromatic rings. The molecule has 6 nitrogen and oxygen atoms in total. The SMILES string of the molecule is Cc1nc(C)nc(O/C(C(=O)O)=C(\c2ccccc2)c2cccc(F)c2)n1. The van der Waals surface area contributed by atoms with Crippen LogP contribution in [0.25, 0.3) is 5.57 Å². The molecule has 1 N–H and O–H groups in total. The zero-order valence-corrected chi connectivity index (χ0v) is 14.7. The summed E-state index contributed by atoms with van der Waals surface area (Å²) in [6.45, 7) is 3.30. The largest absolute Gasteiger partial charge is 0.475 e. The molecule has 0 saturated carbocycles. The van der Waals surface area contributed by atoms with E-state index in [-0.39, 0.29) is 11.6 Å². The first kappa shape index (κ1) is 18.2. The molecule has 0 atom stereocenters. The van der Waals surface area contributed by atoms with E-state index in [0.29, 0.717) is 22.8 Å². The lowest BCUT2D eigenvalue weighted by molar-refractivity contribution is -0.135. The third-order valence-corrected chi connectivity index (χ3v) is 3.63. The molecule has 0 aliphatic heterocycles. The first-order valence-electron chi connectivity index (χ1n) is 8.10. The van der Waals surface area contributed by atoms with Crippen LogP contribution in [0.1, 0.15) is 22.8 Å². The van der Waals surface area contributed by atoms with Crippen molar-refractivity contribution in [2.45, 2.75) is 13.8 Å². The van der Waals surface area contributed by atoms with Gasteiger partial charge < -0.3 is 9.84 Å². The van der Waals surface area contributed by atoms with E-state index in [1.165, 1.54) is 18.2 Å². The van der Waals surface area contributed by atoms with Gasteiger partial charge in [-0.2, -0.15) is 9.97 Å². The number of halogens is 1. The van der Waals surface area contributed by atoms with Gasteiger partial charge in [0.2, 0.25) is 5.76 Å². The average molecular weight is 365 g/mol. The first-order valence-corrected chi connectivity index (χ1v) is 8.10. The number of nitrogens with zero attached hydrogens (tertiary/aromatic N) is 3. The van der Waals surface area contributed by atoms with Crippen molar-refractivity contribution < 1.29 is 19.0 Å². The quantitative estimate of drug-likeness (QED) is 0.550. The Morgan fingerprint density at radius 2 is 1.56 bits per heavy atom. The van der Waals surface area contributed by atoms with E-state index in [4.69, 9.17) is 4.74 Å². The molecule has 0 unspecified atom stereocenters. The molecule has 0 radical (unpaired) electrons. The second-order valence-electron chi connectivity index (χ2n) is 5.70. The van der Waals surface area contributed by atoms with Crippen molar-refractivity contribution in [3.05, 3.63) is 88.9 Å². The maximum atomic E-state index is 13.8. The normalized spacial score (nSPS) is 11.7. The predicted molar refractivity (Wildman–Crippen MR) is 96.4 cm³/mol. The van der Waals surface area contributed by atoms with E-state index in [1.54, 1.807) is 50.2 Å². The van der Waals surface area contributed by atoms with Crippen LogP contribution in [0.5, 0.6) is 6.01 Å². The molecule has 0 bridgehead atoms. The third kappa shape index (κ3) is 4.33. The summed E-state index contributed by atoms with van der Waals surface area (Å²) in [5.41, 5.74) is 1.14. The van der Waals surface area contributed by atoms with Crippen LogP contribution in [0.4, 0.5) is 4.39 Å². The lowest BCUT2D eigenvalue weighted by Gasteiger charge is -2.14. The number of ether oxygens (including phenoxy) is 1. The minimum Gasteiger partial charge on any atom is -0.475 e. The van der Waals surface area contributed by atoms with Crippen LogP contribution in [0.15, 0.2) is 60.4 Å². The van der Waals surface area contributed by atoms with Crippen molar-refractivity contribution in [3.8, 4) is 6.01 Å². The highest BCUT2D eigenvalue weighted by Gasteiger charge is 2.22. The monoisotopic (exact) mass is 365 g/mol. The molecule has 0 aliphatic rings. The van der Waals surface area contributed by atoms with Gasteiger partial charge in [-0.1, -0.05) is 42.5 Å². The summed E-state index contributed by atoms with van der Waals surface area (Å²) >= 11 is 0. The molecule has 1 heterocycles. The lowest BCUT2D eigenvalue weighted by atomic mass is 9.96. The highest BCUT2D eigenvalue weighted by Crippen LogP contribution is 2.28. The summed E-state index contributed by atoms with van der Waals surface area (Å²) < 4.78 is 19.3. The van der Waals surface area contributed by atoms with Crippen LogP contribution in [0, 0.1) is 19.7 Å². The molecule has 27 heavy (non-hydrogen) atoms. The van der Waals surface area contributed by atoms with Gasteiger partial charge in [-0.25, -0.2) is 14.2 Å². The number of aryl methyl sites for hydroxylation is 2. The molecule has 0 amide bonds. The molecule has 136 valence electrons. The Bertz CT molecular complexity index is 1000. The summed E-state index contributed by atoms with van der Waals surface area (Å²) in [6, 6.07) is 14.3. The summed E-state index contributed by atoms with van der Waals surface area (Å²) in [7, 11) is 0. The number of rotatable bonds is 5. The summed E-state index contributed by atoms with van der Waals surface area (Å²) in [5.74, 6) is -1.42. The number of aliphatic carboxylic acids is 1. The van der Waals surface area contributed by atoms with Crippen molar-refractivity contribution >= 4 is 11.5 Å². The number of carboxylic acids is 1. The van der Waals surface area contributed by atoms with E-state index in [9.17, 15) is 14.3 Å². The maximum absolute atomic E-state index is 13.8. The minimum atomic E-state index is -1.33. The van der Waals surface area contributed by atoms with Gasteiger partial charge in [0.15, 0.2) is 0 Å². The molecule has 2 aromatic carbocycles. The second kappa shape index (κ2) is 7.74. The fraction of sp³-hybridized carbons (Fsp3) is 0.100. The Balaban J connectivity index is 2.23. The van der Waals surface area contributed by atoms with Crippen molar-refractivity contribution in [2.24, 2.45) is 0 Å². The number of carboxylic acid groups (broad SMARTS) is 1. The molecule has 0 spiro atoms. The van der Waals surface area contributed by atoms with E-state index in [1.807, 2.05) is 0 Å². The van der Waals surface area contributed by atoms with Gasteiger partial charge in [-0.15, -0.1) is 0 Å². The van der Waals surface area contributed by atoms with Crippen LogP contribution in [-0.4, -0.2) is 26.0 Å². The van der Waals surface area contributed by atoms with Gasteiger partial charge in [0.1, 0.15) is 17.5 Å². The molecule has 1 aromatic heterocycles. The van der Waals surface area contributed by atoms with Gasteiger partial charge in [-0.3, -0.25) is 0 Å². The molecule has 7 heteroatoms. The number of benzene rings is 2. The molecule has 0 aliphatic carbocycles. The van der Waals surface area contributed by atoms with Gasteiger partial charge in [0, 0.05) is 5.57 Å². The zero-order chi connectivity index (χ0) is 19.4. The predicted octanol–water partition coefficient (Wildman–Crippen LogP) is 3.55. The Hall–Kier alpha value is -3.61. The average Bonchev–Trinajstić information content (AvgIpc) is 2.61. The summed E-state index contributed by atoms with van der Waals surface area (Å²) in [5, 5.41) is 9.79. The van der Waals surface area contributed by atoms with Gasteiger partial charge in [-0.05, 0) is 37.1 Å². The van der Waals surface area contributed by atoms with Crippen LogP contribution >= 0.6 is 0 Å². The number of carbonyl (C=O) groups is 1. The fourth-order valence-electron chi connectivity index (χ4n) is 2.60. The van der Waals surface area contributed by atoms with E-state index >= 15 is 0 Å². The fourth-order valence-corrected chi connectivity index (χ4v) is 2.60. The van der Waals surface area contributed by atoms with Crippen LogP contribution in [-0.2, 0) is 4.79 Å². The Labute approximate surface area is 155 Å². The standard InChI is InChI=1S/C20H16FN3O3/c1-12-22-13(2)24-20(23-12)27-18(19(25)26)17(14-7-4-3-5-8-14)15-9-6-10-16(21)11-15/h3-11H,1-2H3,(H,25,26)/b18-17+. The molecule has 0 saturated heterocycles. The topological polar surface area (TPSA) is 85.2 Å². The third-order valence-electron chi connectivity index (χ3n) is 3.63. The highest BCUT2D eigenvalue weighted by molar-refractivity contribution is 5.99. The minimum absolute atomic E-state index is 0.137. The Kier molecular flexibility index (Phi) is 5.21. The van der Waals surface area contributed by atoms with Crippen molar-refractivity contribution in [1.29, 1.82) is 0 Å². The summed E-state index contributed by atoms with van der Waals surface area (Å²) in [6.07, 6.45) is 0. The maximum Gasteiger partial charge on any atom is 0.372 e. The molecule has 3 rings (SSSR count). The summed E-state index contributed by atoms with van der Waals surface area (Å²) in [4.78, 5) is 24.1. The smallest absolute Gasteiger partial charge is 0.372 e. The molecular weight excluding hydrogens is 349 g/mol. The highest BCUT2D eigenvalue weighted by atomic mass is 19.1. The molecular formula is C20H16FN3O3. The van der Waals surface area contributed by atoms with Crippen LogP contribution in [0.3, 0.4) is 0 Å². The van der Waals surface area contributed by atoms with E-state index < -0.39 is 17.5 Å². The Morgan fingerprint density at radius 1 is 0.926 bits per heavy atom. The van der Waals surface area contributed by atoms with Gasteiger partial charge >= 0.3 is 12.0 Å². The molecule has 0 fully saturated rings. The van der Waals surface area contributed by atoms with E-state index in [2.05, 4.69) is 15.0 Å². The van der Waals surface area contributed by atoms with Crippen molar-refractivity contribution in [2.75, 3.05) is 0 Å². The van der Waals surface area contributed by atoms with Gasteiger partial charge in [0.25, 0.3) is 0 Å². The number of hydrogen-bond donors (Lipinski definition) is 1. The van der Waals surface area contributed by atoms with Crippen molar-refractivity contribution in [3.63, 3.8) is 0 Å². The van der Waals surface area contributed by atoms with Crippen LogP contribution < -0.4 is 4.74 Å². The number of aromatic nitrogens is 3. The first-order chi connectivity index (χ1) is 12.9. The zero-order valence-electron chi connectivity index (χ0n) is 14.7. The van der Waals surface area contributed by atoms with Crippen LogP contribution in [0.2, 0.25) is 0 Å². The van der Waals surface area contributed by atoms with E-state index in [0.717, 1.165) is 0 Å².